The molecule has 0 N–H and O–H groups in total. The molecule has 0 amide bonds. The average Bonchev–Trinajstić information content (AvgIpc) is 2.69. The minimum Gasteiger partial charge on any atom is -0.493 e. The van der Waals surface area contributed by atoms with Crippen molar-refractivity contribution in [3.8, 4) is 5.75 Å². The van der Waals surface area contributed by atoms with E-state index in [2.05, 4.69) is 0 Å². The van der Waals surface area contributed by atoms with E-state index in [1.54, 1.807) is 12.1 Å². The summed E-state index contributed by atoms with van der Waals surface area (Å²) in [6, 6.07) is 7.42. The maximum Gasteiger partial charge on any atom is 0.220 e. The summed E-state index contributed by atoms with van der Waals surface area (Å²) < 4.78 is 5.01. The van der Waals surface area contributed by atoms with Gasteiger partial charge in [0.25, 0.3) is 0 Å². The summed E-state index contributed by atoms with van der Waals surface area (Å²) in [6.07, 6.45) is 5.00. The monoisotopic (exact) mass is 204 g/mol. The molecule has 15 heavy (non-hydrogen) atoms. The summed E-state index contributed by atoms with van der Waals surface area (Å²) in [5.41, 5.74) is 1.16. The molecule has 1 saturated carbocycles. The van der Waals surface area contributed by atoms with Gasteiger partial charge in [-0.25, -0.2) is 0 Å². The Bertz CT molecular complexity index is 392. The predicted octanol–water partition coefficient (Wildman–Crippen LogP) is 2.71. The molecular weight excluding hydrogens is 188 g/mol. The average molecular weight is 204 g/mol. The normalized spacial score (nSPS) is 16.6. The van der Waals surface area contributed by atoms with Crippen LogP contribution in [0.2, 0.25) is 0 Å². The first-order valence-electron chi connectivity index (χ1n) is 5.49. The van der Waals surface area contributed by atoms with E-state index in [0.717, 1.165) is 0 Å². The molecule has 0 spiro atoms. The van der Waals surface area contributed by atoms with Crippen LogP contribution in [0.25, 0.3) is 0 Å². The van der Waals surface area contributed by atoms with Crippen LogP contribution in [0.5, 0.6) is 5.75 Å². The van der Waals surface area contributed by atoms with Gasteiger partial charge in [0.05, 0.1) is 7.11 Å². The molecule has 0 aromatic heterocycles. The zero-order valence-corrected chi connectivity index (χ0v) is 9.03. The van der Waals surface area contributed by atoms with Crippen molar-refractivity contribution in [3.63, 3.8) is 0 Å². The van der Waals surface area contributed by atoms with Gasteiger partial charge in [-0.3, -0.25) is 4.79 Å². The molecule has 1 aromatic carbocycles. The molecule has 0 atom stereocenters. The van der Waals surface area contributed by atoms with Crippen molar-refractivity contribution in [1.82, 2.24) is 0 Å². The molecule has 1 fully saturated rings. The van der Waals surface area contributed by atoms with E-state index >= 15 is 0 Å². The lowest BCUT2D eigenvalue weighted by Gasteiger charge is -2.05. The summed E-state index contributed by atoms with van der Waals surface area (Å²) in [5, 5.41) is 0. The fourth-order valence-electron chi connectivity index (χ4n) is 2.28. The Kier molecular flexibility index (Phi) is 3.05. The maximum absolute atomic E-state index is 11.7. The van der Waals surface area contributed by atoms with Crippen LogP contribution in [0.4, 0.5) is 0 Å². The quantitative estimate of drug-likeness (QED) is 0.740. The SMILES string of the molecule is COc1cccc(C2CCCC2)cc1=O. The Labute approximate surface area is 89.9 Å². The molecule has 2 rings (SSSR count). The minimum atomic E-state index is -0.00981. The highest BCUT2D eigenvalue weighted by atomic mass is 16.5. The molecule has 2 nitrogen and oxygen atoms in total. The van der Waals surface area contributed by atoms with Crippen molar-refractivity contribution in [2.75, 3.05) is 7.11 Å². The van der Waals surface area contributed by atoms with Crippen molar-refractivity contribution >= 4 is 0 Å². The van der Waals surface area contributed by atoms with E-state index in [1.807, 2.05) is 12.1 Å². The van der Waals surface area contributed by atoms with Crippen LogP contribution in [-0.4, -0.2) is 7.11 Å². The molecule has 1 aliphatic rings. The molecule has 0 aliphatic heterocycles. The first kappa shape index (κ1) is 10.2. The fraction of sp³-hybridized carbons (Fsp3) is 0.462. The van der Waals surface area contributed by atoms with Gasteiger partial charge in [-0.1, -0.05) is 25.0 Å². The standard InChI is InChI=1S/C13H16O2/c1-15-13-8-4-7-11(9-12(13)14)10-5-2-3-6-10/h4,7-10H,2-3,5-6H2,1H3. The molecule has 0 heterocycles. The van der Waals surface area contributed by atoms with Crippen LogP contribution in [-0.2, 0) is 0 Å². The smallest absolute Gasteiger partial charge is 0.220 e. The van der Waals surface area contributed by atoms with Crippen LogP contribution in [0.15, 0.2) is 29.1 Å². The summed E-state index contributed by atoms with van der Waals surface area (Å²) in [4.78, 5) is 11.7. The van der Waals surface area contributed by atoms with Gasteiger partial charge in [0.15, 0.2) is 5.75 Å². The molecule has 0 bridgehead atoms. The van der Waals surface area contributed by atoms with E-state index in [4.69, 9.17) is 4.74 Å². The summed E-state index contributed by atoms with van der Waals surface area (Å²) in [7, 11) is 1.53. The fourth-order valence-corrected chi connectivity index (χ4v) is 2.28. The maximum atomic E-state index is 11.7. The first-order chi connectivity index (χ1) is 7.31. The number of ether oxygens (including phenoxy) is 1. The summed E-state index contributed by atoms with van der Waals surface area (Å²) in [6.45, 7) is 0. The van der Waals surface area contributed by atoms with Gasteiger partial charge in [0.2, 0.25) is 5.43 Å². The van der Waals surface area contributed by atoms with Crippen LogP contribution in [0.1, 0.15) is 37.2 Å². The summed E-state index contributed by atoms with van der Waals surface area (Å²) in [5.74, 6) is 1.01. The Balaban J connectivity index is 2.38. The third-order valence-electron chi connectivity index (χ3n) is 3.12. The van der Waals surface area contributed by atoms with Gasteiger partial charge in [0.1, 0.15) is 0 Å². The molecule has 1 aromatic rings. The van der Waals surface area contributed by atoms with Crippen LogP contribution in [0.3, 0.4) is 0 Å². The highest BCUT2D eigenvalue weighted by Crippen LogP contribution is 2.33. The van der Waals surface area contributed by atoms with Gasteiger partial charge < -0.3 is 4.74 Å². The van der Waals surface area contributed by atoms with Crippen molar-refractivity contribution in [2.24, 2.45) is 0 Å². The van der Waals surface area contributed by atoms with Crippen molar-refractivity contribution in [3.05, 3.63) is 40.1 Å². The van der Waals surface area contributed by atoms with E-state index in [-0.39, 0.29) is 5.43 Å². The largest absolute Gasteiger partial charge is 0.493 e. The highest BCUT2D eigenvalue weighted by molar-refractivity contribution is 5.27. The van der Waals surface area contributed by atoms with E-state index < -0.39 is 0 Å². The topological polar surface area (TPSA) is 26.3 Å². The lowest BCUT2D eigenvalue weighted by atomic mass is 9.99. The third-order valence-corrected chi connectivity index (χ3v) is 3.12. The zero-order valence-electron chi connectivity index (χ0n) is 9.03. The van der Waals surface area contributed by atoms with Gasteiger partial charge >= 0.3 is 0 Å². The molecule has 0 saturated heterocycles. The Morgan fingerprint density at radius 3 is 2.67 bits per heavy atom. The number of rotatable bonds is 2. The van der Waals surface area contributed by atoms with Crippen molar-refractivity contribution in [1.29, 1.82) is 0 Å². The van der Waals surface area contributed by atoms with E-state index in [9.17, 15) is 4.79 Å². The highest BCUT2D eigenvalue weighted by Gasteiger charge is 2.16. The Hall–Kier alpha value is -1.31. The molecular formula is C13H16O2. The number of hydrogen-bond acceptors (Lipinski definition) is 2. The molecule has 2 heteroatoms. The third kappa shape index (κ3) is 2.20. The second-order valence-corrected chi connectivity index (χ2v) is 4.08. The zero-order chi connectivity index (χ0) is 10.7. The molecule has 0 unspecified atom stereocenters. The van der Waals surface area contributed by atoms with E-state index in [0.29, 0.717) is 11.7 Å². The first-order valence-corrected chi connectivity index (χ1v) is 5.49. The van der Waals surface area contributed by atoms with Crippen LogP contribution in [0, 0.1) is 0 Å². The molecule has 80 valence electrons. The predicted molar refractivity (Wildman–Crippen MR) is 60.5 cm³/mol. The molecule has 1 aliphatic carbocycles. The minimum absolute atomic E-state index is 0.00981. The Morgan fingerprint density at radius 1 is 1.27 bits per heavy atom. The van der Waals surface area contributed by atoms with Gasteiger partial charge in [-0.05, 0) is 36.5 Å². The van der Waals surface area contributed by atoms with Crippen molar-refractivity contribution < 1.29 is 4.74 Å². The van der Waals surface area contributed by atoms with Crippen LogP contribution < -0.4 is 10.2 Å². The number of hydrogen-bond donors (Lipinski definition) is 0. The van der Waals surface area contributed by atoms with Crippen molar-refractivity contribution in [2.45, 2.75) is 31.6 Å². The second kappa shape index (κ2) is 4.47. The van der Waals surface area contributed by atoms with E-state index in [1.165, 1.54) is 38.4 Å². The molecule has 0 radical (unpaired) electrons. The lowest BCUT2D eigenvalue weighted by molar-refractivity contribution is 0.411. The van der Waals surface area contributed by atoms with Gasteiger partial charge in [0, 0.05) is 0 Å². The van der Waals surface area contributed by atoms with Gasteiger partial charge in [-0.15, -0.1) is 0 Å². The summed E-state index contributed by atoms with van der Waals surface area (Å²) >= 11 is 0. The second-order valence-electron chi connectivity index (χ2n) is 4.08. The number of methoxy groups -OCH3 is 1. The van der Waals surface area contributed by atoms with Gasteiger partial charge in [-0.2, -0.15) is 0 Å². The Morgan fingerprint density at radius 2 is 2.00 bits per heavy atom. The lowest BCUT2D eigenvalue weighted by Crippen LogP contribution is -2.02. The van der Waals surface area contributed by atoms with Crippen LogP contribution >= 0.6 is 0 Å².